The van der Waals surface area contributed by atoms with E-state index in [9.17, 15) is 5.11 Å². The first-order valence-electron chi connectivity index (χ1n) is 5.74. The molecule has 0 unspecified atom stereocenters. The molecule has 4 heterocycles. The zero-order chi connectivity index (χ0) is 14.6. The summed E-state index contributed by atoms with van der Waals surface area (Å²) in [6.07, 6.45) is 2.70. The Balaban J connectivity index is 1.90. The number of rotatable bonds is 0. The molecule has 3 aromatic heterocycles. The van der Waals surface area contributed by atoms with Gasteiger partial charge in [0.1, 0.15) is 12.7 Å². The van der Waals surface area contributed by atoms with Gasteiger partial charge in [-0.1, -0.05) is 0 Å². The summed E-state index contributed by atoms with van der Waals surface area (Å²) in [5.41, 5.74) is 12.1. The molecule has 0 fully saturated rings. The number of nitrogens with two attached hydrogens (primary N) is 2. The zero-order valence-corrected chi connectivity index (χ0v) is 10.3. The highest BCUT2D eigenvalue weighted by molar-refractivity contribution is 6.00. The lowest BCUT2D eigenvalue weighted by Crippen LogP contribution is -2.17. The van der Waals surface area contributed by atoms with E-state index in [1.165, 1.54) is 17.2 Å². The zero-order valence-electron chi connectivity index (χ0n) is 10.3. The maximum absolute atomic E-state index is 9.71. The quantitative estimate of drug-likeness (QED) is 0.485. The Kier molecular flexibility index (Phi) is 2.03. The minimum absolute atomic E-state index is 0.0860. The number of hydrogen-bond acceptors (Lipinski definition) is 9. The number of imidazole rings is 1. The van der Waals surface area contributed by atoms with E-state index in [0.29, 0.717) is 11.5 Å². The standard InChI is InChI=1S/C10H7N10O/c11-5-3-6(14-1-13-5)17-10(16-3)20-2-15-4-7(20)18-9(12)19-8(4)21/h1-2H,(H2,11,13,14)(H3,12,18,19,21). The minimum Gasteiger partial charge on any atom is -0.492 e. The SMILES string of the molecule is Nc1nc(O)c2ncn(C3=Nc4c(N)ncnc4[N]3)c2n1. The molecule has 0 amide bonds. The molecular formula is C10H7N10O. The normalized spacial score (nSPS) is 13.0. The van der Waals surface area contributed by atoms with Crippen LogP contribution in [0.4, 0.5) is 23.3 Å². The summed E-state index contributed by atoms with van der Waals surface area (Å²) < 4.78 is 1.45. The highest BCUT2D eigenvalue weighted by Crippen LogP contribution is 2.33. The average Bonchev–Trinajstić information content (AvgIpc) is 3.02. The molecule has 1 aliphatic heterocycles. The fourth-order valence-corrected chi connectivity index (χ4v) is 1.95. The molecule has 5 N–H and O–H groups in total. The Morgan fingerprint density at radius 1 is 1.10 bits per heavy atom. The van der Waals surface area contributed by atoms with Crippen molar-refractivity contribution in [1.29, 1.82) is 0 Å². The Morgan fingerprint density at radius 3 is 2.76 bits per heavy atom. The average molecular weight is 283 g/mol. The van der Waals surface area contributed by atoms with Gasteiger partial charge in [0, 0.05) is 0 Å². The first-order valence-corrected chi connectivity index (χ1v) is 5.74. The lowest BCUT2D eigenvalue weighted by molar-refractivity contribution is 0.459. The topological polar surface area (TPSA) is 168 Å². The van der Waals surface area contributed by atoms with Gasteiger partial charge in [-0.3, -0.25) is 4.57 Å². The molecule has 1 aliphatic rings. The third-order valence-corrected chi connectivity index (χ3v) is 2.86. The summed E-state index contributed by atoms with van der Waals surface area (Å²) in [7, 11) is 0. The summed E-state index contributed by atoms with van der Waals surface area (Å²) in [5, 5.41) is 13.9. The Morgan fingerprint density at radius 2 is 1.95 bits per heavy atom. The van der Waals surface area contributed by atoms with Crippen molar-refractivity contribution in [2.75, 3.05) is 11.5 Å². The van der Waals surface area contributed by atoms with E-state index in [2.05, 4.69) is 35.2 Å². The van der Waals surface area contributed by atoms with E-state index in [4.69, 9.17) is 11.5 Å². The number of nitrogen functional groups attached to an aromatic ring is 2. The second-order valence-corrected chi connectivity index (χ2v) is 4.15. The molecular weight excluding hydrogens is 276 g/mol. The molecule has 3 aromatic rings. The number of anilines is 2. The molecule has 21 heavy (non-hydrogen) atoms. The maximum atomic E-state index is 9.71. The van der Waals surface area contributed by atoms with Crippen LogP contribution in [0, 0.1) is 0 Å². The van der Waals surface area contributed by atoms with Gasteiger partial charge in [0.2, 0.25) is 17.8 Å². The van der Waals surface area contributed by atoms with Crippen LogP contribution >= 0.6 is 0 Å². The van der Waals surface area contributed by atoms with Crippen molar-refractivity contribution in [1.82, 2.24) is 34.8 Å². The van der Waals surface area contributed by atoms with Gasteiger partial charge < -0.3 is 16.6 Å². The van der Waals surface area contributed by atoms with Crippen molar-refractivity contribution >= 4 is 40.4 Å². The molecule has 1 radical (unpaired) electrons. The van der Waals surface area contributed by atoms with E-state index < -0.39 is 0 Å². The van der Waals surface area contributed by atoms with Gasteiger partial charge in [0.25, 0.3) is 0 Å². The molecule has 0 bridgehead atoms. The predicted octanol–water partition coefficient (Wildman–Crippen LogP) is -0.728. The van der Waals surface area contributed by atoms with Crippen LogP contribution in [0.15, 0.2) is 17.6 Å². The lowest BCUT2D eigenvalue weighted by atomic mass is 10.4. The van der Waals surface area contributed by atoms with Gasteiger partial charge in [0.15, 0.2) is 28.5 Å². The minimum atomic E-state index is -0.313. The van der Waals surface area contributed by atoms with E-state index in [1.54, 1.807) is 0 Å². The third kappa shape index (κ3) is 1.54. The molecule has 0 aliphatic carbocycles. The van der Waals surface area contributed by atoms with Gasteiger partial charge in [-0.15, -0.1) is 0 Å². The van der Waals surface area contributed by atoms with Crippen LogP contribution in [0.3, 0.4) is 0 Å². The number of nitrogens with zero attached hydrogens (tertiary/aromatic N) is 8. The Hall–Kier alpha value is -3.50. The molecule has 4 rings (SSSR count). The van der Waals surface area contributed by atoms with Gasteiger partial charge >= 0.3 is 0 Å². The molecule has 0 saturated carbocycles. The summed E-state index contributed by atoms with van der Waals surface area (Å²) in [4.78, 5) is 23.7. The predicted molar refractivity (Wildman–Crippen MR) is 72.1 cm³/mol. The summed E-state index contributed by atoms with van der Waals surface area (Å²) in [6, 6.07) is 0. The summed E-state index contributed by atoms with van der Waals surface area (Å²) >= 11 is 0. The summed E-state index contributed by atoms with van der Waals surface area (Å²) in [5.74, 6) is 0.423. The Bertz CT molecular complexity index is 914. The van der Waals surface area contributed by atoms with Crippen LogP contribution in [0.25, 0.3) is 11.2 Å². The molecule has 0 spiro atoms. The number of aromatic hydroxyl groups is 1. The van der Waals surface area contributed by atoms with Crippen molar-refractivity contribution in [2.45, 2.75) is 0 Å². The number of aromatic nitrogens is 6. The number of aliphatic imine (C=N–C) groups is 1. The van der Waals surface area contributed by atoms with Gasteiger partial charge in [0.05, 0.1) is 0 Å². The van der Waals surface area contributed by atoms with Crippen molar-refractivity contribution in [3.8, 4) is 5.88 Å². The molecule has 0 saturated heterocycles. The van der Waals surface area contributed by atoms with Crippen molar-refractivity contribution in [3.63, 3.8) is 0 Å². The molecule has 11 heteroatoms. The molecule has 11 nitrogen and oxygen atoms in total. The number of hydrogen-bond donors (Lipinski definition) is 3. The van der Waals surface area contributed by atoms with Crippen molar-refractivity contribution in [3.05, 3.63) is 12.7 Å². The van der Waals surface area contributed by atoms with Crippen LogP contribution in [0.1, 0.15) is 0 Å². The van der Waals surface area contributed by atoms with Crippen LogP contribution in [-0.2, 0) is 0 Å². The molecule has 0 atom stereocenters. The fourth-order valence-electron chi connectivity index (χ4n) is 1.95. The van der Waals surface area contributed by atoms with Crippen molar-refractivity contribution < 1.29 is 5.11 Å². The number of fused-ring (bicyclic) bond motifs is 2. The molecule has 0 aromatic carbocycles. The Labute approximate surface area is 116 Å². The third-order valence-electron chi connectivity index (χ3n) is 2.86. The van der Waals surface area contributed by atoms with Gasteiger partial charge in [-0.25, -0.2) is 19.9 Å². The van der Waals surface area contributed by atoms with E-state index in [1.807, 2.05) is 0 Å². The first kappa shape index (κ1) is 11.3. The second kappa shape index (κ2) is 3.75. The second-order valence-electron chi connectivity index (χ2n) is 4.15. The highest BCUT2D eigenvalue weighted by atomic mass is 16.3. The van der Waals surface area contributed by atoms with Crippen molar-refractivity contribution in [2.24, 2.45) is 4.99 Å². The van der Waals surface area contributed by atoms with E-state index >= 15 is 0 Å². The van der Waals surface area contributed by atoms with E-state index in [-0.39, 0.29) is 34.8 Å². The maximum Gasteiger partial charge on any atom is 0.244 e. The van der Waals surface area contributed by atoms with Crippen LogP contribution in [-0.4, -0.2) is 40.6 Å². The smallest absolute Gasteiger partial charge is 0.244 e. The van der Waals surface area contributed by atoms with Crippen LogP contribution in [0.5, 0.6) is 5.88 Å². The van der Waals surface area contributed by atoms with Gasteiger partial charge in [-0.05, 0) is 0 Å². The summed E-state index contributed by atoms with van der Waals surface area (Å²) in [6.45, 7) is 0. The largest absolute Gasteiger partial charge is 0.492 e. The molecule has 103 valence electrons. The lowest BCUT2D eigenvalue weighted by Gasteiger charge is -2.01. The van der Waals surface area contributed by atoms with Crippen LogP contribution in [0.2, 0.25) is 0 Å². The highest BCUT2D eigenvalue weighted by Gasteiger charge is 2.24. The fraction of sp³-hybridized carbons (Fsp3) is 0. The van der Waals surface area contributed by atoms with E-state index in [0.717, 1.165) is 0 Å². The van der Waals surface area contributed by atoms with Crippen LogP contribution < -0.4 is 16.8 Å². The van der Waals surface area contributed by atoms with Gasteiger partial charge in [-0.2, -0.15) is 15.3 Å². The monoisotopic (exact) mass is 283 g/mol. The first-order chi connectivity index (χ1) is 10.1.